The third-order valence-electron chi connectivity index (χ3n) is 2.98. The number of hydrogen-bond acceptors (Lipinski definition) is 4. The summed E-state index contributed by atoms with van der Waals surface area (Å²) in [5.74, 6) is 0.607. The number of halogens is 3. The number of methoxy groups -OCH3 is 2. The Morgan fingerprint density at radius 1 is 1.17 bits per heavy atom. The summed E-state index contributed by atoms with van der Waals surface area (Å²) in [6.07, 6.45) is 0.249. The summed E-state index contributed by atoms with van der Waals surface area (Å²) in [6, 6.07) is 9.94. The lowest BCUT2D eigenvalue weighted by atomic mass is 10.1. The van der Waals surface area contributed by atoms with Gasteiger partial charge in [0.1, 0.15) is 5.75 Å². The van der Waals surface area contributed by atoms with Crippen LogP contribution in [0.3, 0.4) is 0 Å². The van der Waals surface area contributed by atoms with Crippen molar-refractivity contribution in [3.63, 3.8) is 0 Å². The lowest BCUT2D eigenvalue weighted by Crippen LogP contribution is -2.04. The number of carbonyl (C=O) groups is 1. The van der Waals surface area contributed by atoms with Gasteiger partial charge in [0.25, 0.3) is 0 Å². The molecule has 0 bridgehead atoms. The molecule has 0 amide bonds. The summed E-state index contributed by atoms with van der Waals surface area (Å²) in [4.78, 5) is 13.6. The molecule has 23 heavy (non-hydrogen) atoms. The van der Waals surface area contributed by atoms with E-state index in [2.05, 4.69) is 60.5 Å². The number of esters is 1. The van der Waals surface area contributed by atoms with Crippen LogP contribution in [0, 0.1) is 3.57 Å². The molecule has 3 nitrogen and oxygen atoms in total. The van der Waals surface area contributed by atoms with E-state index in [0.29, 0.717) is 0 Å². The third kappa shape index (κ3) is 5.11. The molecule has 0 saturated carbocycles. The van der Waals surface area contributed by atoms with Crippen LogP contribution in [0.2, 0.25) is 0 Å². The van der Waals surface area contributed by atoms with Crippen molar-refractivity contribution in [1.82, 2.24) is 0 Å². The van der Waals surface area contributed by atoms with Gasteiger partial charge in [0.15, 0.2) is 0 Å². The molecule has 0 heterocycles. The van der Waals surface area contributed by atoms with Crippen LogP contribution in [0.4, 0.5) is 0 Å². The summed E-state index contributed by atoms with van der Waals surface area (Å²) in [5.41, 5.74) is 0.893. The molecule has 0 radical (unpaired) electrons. The van der Waals surface area contributed by atoms with Crippen LogP contribution in [-0.2, 0) is 16.0 Å². The van der Waals surface area contributed by atoms with Gasteiger partial charge >= 0.3 is 5.97 Å². The van der Waals surface area contributed by atoms with Crippen molar-refractivity contribution in [2.45, 2.75) is 16.2 Å². The minimum atomic E-state index is -0.256. The average molecular weight is 572 g/mol. The van der Waals surface area contributed by atoms with Gasteiger partial charge in [-0.3, -0.25) is 4.79 Å². The smallest absolute Gasteiger partial charge is 0.309 e. The second-order valence-corrected chi connectivity index (χ2v) is 8.49. The van der Waals surface area contributed by atoms with Crippen LogP contribution in [-0.4, -0.2) is 20.2 Å². The lowest BCUT2D eigenvalue weighted by molar-refractivity contribution is -0.139. The highest BCUT2D eigenvalue weighted by atomic mass is 127. The Morgan fingerprint density at radius 3 is 2.35 bits per heavy atom. The number of carbonyl (C=O) groups excluding carboxylic acids is 1. The van der Waals surface area contributed by atoms with Gasteiger partial charge in [-0.25, -0.2) is 0 Å². The van der Waals surface area contributed by atoms with Crippen LogP contribution < -0.4 is 4.74 Å². The number of rotatable bonds is 5. The molecule has 0 atom stereocenters. The first kappa shape index (κ1) is 19.1. The predicted octanol–water partition coefficient (Wildman–Crippen LogP) is 5.69. The van der Waals surface area contributed by atoms with Gasteiger partial charge < -0.3 is 9.47 Å². The Kier molecular flexibility index (Phi) is 7.24. The number of benzene rings is 2. The Bertz CT molecular complexity index is 714. The van der Waals surface area contributed by atoms with Crippen molar-refractivity contribution in [2.75, 3.05) is 14.2 Å². The SMILES string of the molecule is COC(=O)Cc1cc(Br)c(Sc2ccc(OC)c(I)c2)c(Br)c1. The Labute approximate surface area is 169 Å². The van der Waals surface area contributed by atoms with Crippen LogP contribution in [0.5, 0.6) is 5.75 Å². The van der Waals surface area contributed by atoms with E-state index in [1.54, 1.807) is 18.9 Å². The maximum Gasteiger partial charge on any atom is 0.309 e. The first-order valence-electron chi connectivity index (χ1n) is 6.50. The minimum Gasteiger partial charge on any atom is -0.496 e. The van der Waals surface area contributed by atoms with E-state index in [1.807, 2.05) is 24.3 Å². The van der Waals surface area contributed by atoms with Crippen LogP contribution in [0.25, 0.3) is 0 Å². The van der Waals surface area contributed by atoms with E-state index in [-0.39, 0.29) is 12.4 Å². The van der Waals surface area contributed by atoms with Crippen molar-refractivity contribution in [2.24, 2.45) is 0 Å². The lowest BCUT2D eigenvalue weighted by Gasteiger charge is -2.11. The van der Waals surface area contributed by atoms with Gasteiger partial charge in [0.2, 0.25) is 0 Å². The van der Waals surface area contributed by atoms with Gasteiger partial charge in [0.05, 0.1) is 24.2 Å². The van der Waals surface area contributed by atoms with Crippen LogP contribution in [0.1, 0.15) is 5.56 Å². The highest BCUT2D eigenvalue weighted by molar-refractivity contribution is 14.1. The van der Waals surface area contributed by atoms with E-state index in [0.717, 1.165) is 33.6 Å². The van der Waals surface area contributed by atoms with E-state index >= 15 is 0 Å². The van der Waals surface area contributed by atoms with E-state index < -0.39 is 0 Å². The van der Waals surface area contributed by atoms with Crippen molar-refractivity contribution < 1.29 is 14.3 Å². The topological polar surface area (TPSA) is 35.5 Å². The fourth-order valence-electron chi connectivity index (χ4n) is 1.88. The molecule has 0 saturated heterocycles. The summed E-state index contributed by atoms with van der Waals surface area (Å²) >= 11 is 11.1. The zero-order valence-corrected chi connectivity index (χ0v) is 18.5. The molecular formula is C16H13Br2IO3S. The zero-order valence-electron chi connectivity index (χ0n) is 12.4. The zero-order chi connectivity index (χ0) is 17.0. The highest BCUT2D eigenvalue weighted by Crippen LogP contribution is 2.41. The molecular weight excluding hydrogens is 559 g/mol. The largest absolute Gasteiger partial charge is 0.496 e. The highest BCUT2D eigenvalue weighted by Gasteiger charge is 2.12. The molecule has 122 valence electrons. The predicted molar refractivity (Wildman–Crippen MR) is 107 cm³/mol. The number of hydrogen-bond donors (Lipinski definition) is 0. The molecule has 0 unspecified atom stereocenters. The third-order valence-corrected chi connectivity index (χ3v) is 6.73. The summed E-state index contributed by atoms with van der Waals surface area (Å²) in [5, 5.41) is 0. The quantitative estimate of drug-likeness (QED) is 0.341. The number of ether oxygens (including phenoxy) is 2. The molecule has 2 aromatic rings. The Hall–Kier alpha value is -0.250. The standard InChI is InChI=1S/C16H13Br2IO3S/c1-21-14-4-3-10(8-13(14)19)23-16-11(17)5-9(6-12(16)18)7-15(20)22-2/h3-6,8H,7H2,1-2H3. The summed E-state index contributed by atoms with van der Waals surface area (Å²) < 4.78 is 12.9. The molecule has 0 aliphatic rings. The van der Waals surface area contributed by atoms with Gasteiger partial charge in [-0.2, -0.15) is 0 Å². The van der Waals surface area contributed by atoms with E-state index in [4.69, 9.17) is 9.47 Å². The minimum absolute atomic E-state index is 0.249. The van der Waals surface area contributed by atoms with Gasteiger partial charge in [-0.15, -0.1) is 0 Å². The maximum atomic E-state index is 11.4. The monoisotopic (exact) mass is 570 g/mol. The van der Waals surface area contributed by atoms with Crippen molar-refractivity contribution in [1.29, 1.82) is 0 Å². The molecule has 0 fully saturated rings. The maximum absolute atomic E-state index is 11.4. The van der Waals surface area contributed by atoms with Gasteiger partial charge in [-0.1, -0.05) is 11.8 Å². The van der Waals surface area contributed by atoms with Gasteiger partial charge in [-0.05, 0) is 90.3 Å². The van der Waals surface area contributed by atoms with Gasteiger partial charge in [0, 0.05) is 18.7 Å². The summed E-state index contributed by atoms with van der Waals surface area (Å²) in [7, 11) is 3.06. The van der Waals surface area contributed by atoms with Crippen molar-refractivity contribution in [3.05, 3.63) is 48.4 Å². The molecule has 0 aliphatic heterocycles. The van der Waals surface area contributed by atoms with Crippen LogP contribution in [0.15, 0.2) is 49.1 Å². The molecule has 0 N–H and O–H groups in total. The molecule has 0 aliphatic carbocycles. The first-order chi connectivity index (χ1) is 10.9. The van der Waals surface area contributed by atoms with E-state index in [9.17, 15) is 4.79 Å². The molecule has 0 aromatic heterocycles. The molecule has 7 heteroatoms. The average Bonchev–Trinajstić information content (AvgIpc) is 2.51. The Morgan fingerprint density at radius 2 is 1.83 bits per heavy atom. The molecule has 2 aromatic carbocycles. The Balaban J connectivity index is 2.26. The normalized spacial score (nSPS) is 10.5. The first-order valence-corrected chi connectivity index (χ1v) is 9.99. The second-order valence-electron chi connectivity index (χ2n) is 4.54. The van der Waals surface area contributed by atoms with E-state index in [1.165, 1.54) is 7.11 Å². The fraction of sp³-hybridized carbons (Fsp3) is 0.188. The molecule has 0 spiro atoms. The molecule has 2 rings (SSSR count). The van der Waals surface area contributed by atoms with Crippen molar-refractivity contribution in [3.8, 4) is 5.75 Å². The van der Waals surface area contributed by atoms with Crippen molar-refractivity contribution >= 4 is 72.2 Å². The van der Waals surface area contributed by atoms with Crippen LogP contribution >= 0.6 is 66.2 Å². The summed E-state index contributed by atoms with van der Waals surface area (Å²) in [6.45, 7) is 0. The second kappa shape index (κ2) is 8.73. The fourth-order valence-corrected chi connectivity index (χ4v) is 5.45.